The largest absolute Gasteiger partial charge is 0.398 e. The van der Waals surface area contributed by atoms with E-state index in [1.54, 1.807) is 6.07 Å². The van der Waals surface area contributed by atoms with Gasteiger partial charge in [0.15, 0.2) is 0 Å². The average molecular weight is 277 g/mol. The molecule has 0 spiro atoms. The fourth-order valence-corrected chi connectivity index (χ4v) is 1.99. The molecule has 0 unspecified atom stereocenters. The monoisotopic (exact) mass is 277 g/mol. The molecule has 0 saturated carbocycles. The second kappa shape index (κ2) is 7.29. The van der Waals surface area contributed by atoms with Gasteiger partial charge in [0.1, 0.15) is 0 Å². The number of hydrogen-bond acceptors (Lipinski definition) is 3. The van der Waals surface area contributed by atoms with Crippen LogP contribution in [0.1, 0.15) is 29.8 Å². The van der Waals surface area contributed by atoms with Crippen LogP contribution >= 0.6 is 0 Å². The van der Waals surface area contributed by atoms with Gasteiger partial charge in [-0.3, -0.25) is 4.79 Å². The Labute approximate surface area is 122 Å². The van der Waals surface area contributed by atoms with Gasteiger partial charge in [0.05, 0.1) is 0 Å². The number of nitrogens with zero attached hydrogens (tertiary/aromatic N) is 2. The number of nitrogens with two attached hydrogens (primary N) is 1. The van der Waals surface area contributed by atoms with Gasteiger partial charge in [-0.05, 0) is 44.6 Å². The molecule has 0 aliphatic carbocycles. The van der Waals surface area contributed by atoms with Crippen LogP contribution < -0.4 is 5.73 Å². The van der Waals surface area contributed by atoms with Crippen LogP contribution in [0.15, 0.2) is 18.2 Å². The third kappa shape index (κ3) is 4.85. The molecule has 0 aliphatic rings. The van der Waals surface area contributed by atoms with Gasteiger partial charge >= 0.3 is 0 Å². The van der Waals surface area contributed by atoms with Crippen LogP contribution in [-0.2, 0) is 0 Å². The van der Waals surface area contributed by atoms with Crippen molar-refractivity contribution < 1.29 is 4.79 Å². The van der Waals surface area contributed by atoms with Gasteiger partial charge in [-0.25, -0.2) is 0 Å². The molecule has 1 aromatic rings. The highest BCUT2D eigenvalue weighted by atomic mass is 16.2. The first-order valence-electron chi connectivity index (χ1n) is 7.11. The van der Waals surface area contributed by atoms with Crippen LogP contribution in [0.4, 0.5) is 5.69 Å². The van der Waals surface area contributed by atoms with E-state index in [4.69, 9.17) is 5.73 Å². The zero-order chi connectivity index (χ0) is 15.3. The molecule has 0 aromatic heterocycles. The van der Waals surface area contributed by atoms with Gasteiger partial charge in [0.2, 0.25) is 0 Å². The maximum Gasteiger partial charge on any atom is 0.253 e. The summed E-state index contributed by atoms with van der Waals surface area (Å²) in [6, 6.07) is 5.54. The number of carbonyl (C=O) groups is 1. The summed E-state index contributed by atoms with van der Waals surface area (Å²) in [5.74, 6) is 0.510. The Morgan fingerprint density at radius 2 is 1.90 bits per heavy atom. The van der Waals surface area contributed by atoms with E-state index in [2.05, 4.69) is 18.7 Å². The molecule has 0 saturated heterocycles. The van der Waals surface area contributed by atoms with Crippen molar-refractivity contribution in [2.75, 3.05) is 39.5 Å². The molecule has 4 heteroatoms. The summed E-state index contributed by atoms with van der Waals surface area (Å²) in [6.45, 7) is 8.55. The number of anilines is 1. The van der Waals surface area contributed by atoms with E-state index in [0.29, 0.717) is 17.2 Å². The zero-order valence-electron chi connectivity index (χ0n) is 13.3. The van der Waals surface area contributed by atoms with E-state index in [0.717, 1.165) is 25.2 Å². The number of aryl methyl sites for hydroxylation is 1. The molecule has 0 radical (unpaired) electrons. The van der Waals surface area contributed by atoms with Crippen LogP contribution in [0.3, 0.4) is 0 Å². The Morgan fingerprint density at radius 1 is 1.25 bits per heavy atom. The number of nitrogen functional groups attached to an aromatic ring is 1. The minimum absolute atomic E-state index is 0.0623. The Balaban J connectivity index is 2.87. The van der Waals surface area contributed by atoms with E-state index >= 15 is 0 Å². The highest BCUT2D eigenvalue weighted by Gasteiger charge is 2.17. The molecule has 0 bridgehead atoms. The van der Waals surface area contributed by atoms with Crippen LogP contribution in [0.5, 0.6) is 0 Å². The van der Waals surface area contributed by atoms with E-state index < -0.39 is 0 Å². The van der Waals surface area contributed by atoms with Crippen molar-refractivity contribution in [3.63, 3.8) is 0 Å². The summed E-state index contributed by atoms with van der Waals surface area (Å²) < 4.78 is 0. The number of carbonyl (C=O) groups excluding carboxylic acids is 1. The molecule has 112 valence electrons. The maximum atomic E-state index is 12.6. The number of rotatable bonds is 6. The highest BCUT2D eigenvalue weighted by Crippen LogP contribution is 2.15. The van der Waals surface area contributed by atoms with Gasteiger partial charge in [-0.1, -0.05) is 19.9 Å². The molecular weight excluding hydrogens is 250 g/mol. The summed E-state index contributed by atoms with van der Waals surface area (Å²) in [7, 11) is 4.03. The van der Waals surface area contributed by atoms with E-state index in [1.807, 2.05) is 38.1 Å². The van der Waals surface area contributed by atoms with Crippen LogP contribution in [0.25, 0.3) is 0 Å². The smallest absolute Gasteiger partial charge is 0.253 e. The van der Waals surface area contributed by atoms with Crippen molar-refractivity contribution in [1.29, 1.82) is 0 Å². The third-order valence-electron chi connectivity index (χ3n) is 3.22. The summed E-state index contributed by atoms with van der Waals surface area (Å²) in [5, 5.41) is 0. The summed E-state index contributed by atoms with van der Waals surface area (Å²) in [6.07, 6.45) is 0. The lowest BCUT2D eigenvalue weighted by atomic mass is 10.1. The van der Waals surface area contributed by atoms with Crippen molar-refractivity contribution in [2.45, 2.75) is 20.8 Å². The first-order chi connectivity index (χ1) is 9.31. The molecular formula is C16H27N3O. The summed E-state index contributed by atoms with van der Waals surface area (Å²) >= 11 is 0. The maximum absolute atomic E-state index is 12.6. The van der Waals surface area contributed by atoms with Gasteiger partial charge < -0.3 is 15.5 Å². The molecule has 1 rings (SSSR count). The number of likely N-dealkylation sites (N-methyl/N-ethyl adjacent to an activating group) is 1. The van der Waals surface area contributed by atoms with Crippen molar-refractivity contribution >= 4 is 11.6 Å². The Bertz CT molecular complexity index is 455. The molecule has 0 fully saturated rings. The van der Waals surface area contributed by atoms with Crippen LogP contribution in [-0.4, -0.2) is 49.4 Å². The van der Waals surface area contributed by atoms with Crippen LogP contribution in [0, 0.1) is 12.8 Å². The van der Waals surface area contributed by atoms with Gasteiger partial charge in [0, 0.05) is 30.9 Å². The van der Waals surface area contributed by atoms with Crippen molar-refractivity contribution in [3.8, 4) is 0 Å². The second-order valence-corrected chi connectivity index (χ2v) is 6.02. The Kier molecular flexibility index (Phi) is 6.02. The molecule has 2 N–H and O–H groups in total. The highest BCUT2D eigenvalue weighted by molar-refractivity contribution is 5.95. The SMILES string of the molecule is Cc1ccc(C(=O)N(CCN(C)C)CC(C)C)cc1N. The molecule has 1 amide bonds. The van der Waals surface area contributed by atoms with Crippen molar-refractivity contribution in [1.82, 2.24) is 9.80 Å². The summed E-state index contributed by atoms with van der Waals surface area (Å²) in [4.78, 5) is 16.6. The fraction of sp³-hybridized carbons (Fsp3) is 0.562. The second-order valence-electron chi connectivity index (χ2n) is 6.02. The molecule has 4 nitrogen and oxygen atoms in total. The Hall–Kier alpha value is -1.55. The van der Waals surface area contributed by atoms with Gasteiger partial charge in [-0.2, -0.15) is 0 Å². The number of hydrogen-bond donors (Lipinski definition) is 1. The standard InChI is InChI=1S/C16H27N3O/c1-12(2)11-19(9-8-18(4)5)16(20)14-7-6-13(3)15(17)10-14/h6-7,10,12H,8-9,11,17H2,1-5H3. The van der Waals surface area contributed by atoms with E-state index in [-0.39, 0.29) is 5.91 Å². The first kappa shape index (κ1) is 16.5. The lowest BCUT2D eigenvalue weighted by molar-refractivity contribution is 0.0724. The number of amides is 1. The summed E-state index contributed by atoms with van der Waals surface area (Å²) in [5.41, 5.74) is 8.26. The van der Waals surface area contributed by atoms with Gasteiger partial charge in [-0.15, -0.1) is 0 Å². The first-order valence-corrected chi connectivity index (χ1v) is 7.11. The number of benzene rings is 1. The average Bonchev–Trinajstić information content (AvgIpc) is 2.36. The molecule has 0 aliphatic heterocycles. The minimum atomic E-state index is 0.0623. The quantitative estimate of drug-likeness (QED) is 0.811. The molecule has 20 heavy (non-hydrogen) atoms. The zero-order valence-corrected chi connectivity index (χ0v) is 13.3. The van der Waals surface area contributed by atoms with Crippen LogP contribution in [0.2, 0.25) is 0 Å². The predicted octanol–water partition coefficient (Wildman–Crippen LogP) is 2.24. The fourth-order valence-electron chi connectivity index (χ4n) is 1.99. The van der Waals surface area contributed by atoms with Crippen molar-refractivity contribution in [2.24, 2.45) is 5.92 Å². The normalized spacial score (nSPS) is 11.2. The van der Waals surface area contributed by atoms with Gasteiger partial charge in [0.25, 0.3) is 5.91 Å². The van der Waals surface area contributed by atoms with Crippen molar-refractivity contribution in [3.05, 3.63) is 29.3 Å². The lowest BCUT2D eigenvalue weighted by Crippen LogP contribution is -2.39. The Morgan fingerprint density at radius 3 is 2.40 bits per heavy atom. The third-order valence-corrected chi connectivity index (χ3v) is 3.22. The lowest BCUT2D eigenvalue weighted by Gasteiger charge is -2.26. The molecule has 1 aromatic carbocycles. The van der Waals surface area contributed by atoms with E-state index in [9.17, 15) is 4.79 Å². The molecule has 0 heterocycles. The topological polar surface area (TPSA) is 49.6 Å². The molecule has 0 atom stereocenters. The minimum Gasteiger partial charge on any atom is -0.398 e. The van der Waals surface area contributed by atoms with E-state index in [1.165, 1.54) is 0 Å². The predicted molar refractivity (Wildman–Crippen MR) is 84.9 cm³/mol.